The van der Waals surface area contributed by atoms with Crippen molar-refractivity contribution >= 4 is 49.4 Å². The lowest BCUT2D eigenvalue weighted by Crippen LogP contribution is -2.26. The van der Waals surface area contributed by atoms with Crippen molar-refractivity contribution in [1.29, 1.82) is 0 Å². The van der Waals surface area contributed by atoms with Gasteiger partial charge in [0, 0.05) is 17.1 Å². The lowest BCUT2D eigenvalue weighted by Gasteiger charge is -2.32. The van der Waals surface area contributed by atoms with Crippen molar-refractivity contribution in [2.45, 2.75) is 19.3 Å². The second-order valence-electron chi connectivity index (χ2n) is 15.0. The van der Waals surface area contributed by atoms with Gasteiger partial charge in [0.1, 0.15) is 5.75 Å². The minimum atomic E-state index is -0.503. The number of aryl methyl sites for hydroxylation is 2. The number of hydrogen-bond donors (Lipinski definition) is 0. The van der Waals surface area contributed by atoms with Crippen molar-refractivity contribution in [3.8, 4) is 28.0 Å². The fourth-order valence-corrected chi connectivity index (χ4v) is 9.80. The van der Waals surface area contributed by atoms with Crippen LogP contribution in [0.3, 0.4) is 0 Å². The third kappa shape index (κ3) is 4.17. The number of rotatable bonds is 4. The predicted octanol–water partition coefficient (Wildman–Crippen LogP) is 13.6. The molecule has 9 aromatic carbocycles. The largest absolute Gasteiger partial charge is 0.497 e. The molecule has 11 rings (SSSR count). The molecule has 0 fully saturated rings. The maximum atomic E-state index is 5.76. The number of nitrogens with zero attached hydrogens (tertiary/aromatic N) is 1. The number of fused-ring (bicyclic) bond motifs is 16. The van der Waals surface area contributed by atoms with Gasteiger partial charge in [-0.2, -0.15) is 0 Å². The van der Waals surface area contributed by atoms with Crippen LogP contribution in [0.2, 0.25) is 0 Å². The lowest BCUT2D eigenvalue weighted by molar-refractivity contribution is 0.415. The molecule has 0 aliphatic heterocycles. The van der Waals surface area contributed by atoms with E-state index >= 15 is 0 Å². The van der Waals surface area contributed by atoms with Crippen molar-refractivity contribution in [3.05, 3.63) is 203 Å². The van der Waals surface area contributed by atoms with Crippen LogP contribution < -0.4 is 9.64 Å². The maximum absolute atomic E-state index is 5.76. The van der Waals surface area contributed by atoms with Gasteiger partial charge in [0.2, 0.25) is 0 Å². The summed E-state index contributed by atoms with van der Waals surface area (Å²) in [6.07, 6.45) is 0. The van der Waals surface area contributed by atoms with Gasteiger partial charge in [-0.25, -0.2) is 0 Å². The van der Waals surface area contributed by atoms with Crippen molar-refractivity contribution in [2.75, 3.05) is 12.0 Å². The number of ether oxygens (including phenoxy) is 1. The Morgan fingerprint density at radius 2 is 0.889 bits per heavy atom. The van der Waals surface area contributed by atoms with E-state index in [4.69, 9.17) is 4.74 Å². The molecule has 2 aliphatic rings. The van der Waals surface area contributed by atoms with Gasteiger partial charge in [-0.15, -0.1) is 0 Å². The fraction of sp³-hybridized carbons (Fsp3) is 0.0769. The monoisotopic (exact) mass is 691 g/mol. The van der Waals surface area contributed by atoms with E-state index in [-0.39, 0.29) is 0 Å². The first kappa shape index (κ1) is 30.9. The zero-order valence-corrected chi connectivity index (χ0v) is 30.5. The third-order valence-corrected chi connectivity index (χ3v) is 12.0. The van der Waals surface area contributed by atoms with Gasteiger partial charge in [-0.05, 0) is 162 Å². The van der Waals surface area contributed by atoms with Gasteiger partial charge in [0.15, 0.2) is 0 Å². The molecule has 0 saturated heterocycles. The van der Waals surface area contributed by atoms with Crippen LogP contribution in [0, 0.1) is 13.8 Å². The number of benzene rings is 9. The summed E-state index contributed by atoms with van der Waals surface area (Å²) in [5, 5.41) is 7.49. The fourth-order valence-electron chi connectivity index (χ4n) is 9.80. The molecule has 2 nitrogen and oxygen atoms in total. The summed E-state index contributed by atoms with van der Waals surface area (Å²) in [6, 6.07) is 63.5. The van der Waals surface area contributed by atoms with Crippen LogP contribution in [0.5, 0.6) is 5.75 Å². The lowest BCUT2D eigenvalue weighted by atomic mass is 9.70. The van der Waals surface area contributed by atoms with E-state index < -0.39 is 5.41 Å². The summed E-state index contributed by atoms with van der Waals surface area (Å²) in [5.41, 5.74) is 15.9. The molecule has 2 heteroatoms. The summed E-state index contributed by atoms with van der Waals surface area (Å²) in [5.74, 6) is 0.870. The maximum Gasteiger partial charge on any atom is 0.119 e. The molecule has 0 amide bonds. The quantitative estimate of drug-likeness (QED) is 0.170. The van der Waals surface area contributed by atoms with Crippen LogP contribution in [-0.2, 0) is 5.41 Å². The van der Waals surface area contributed by atoms with E-state index in [1.807, 2.05) is 0 Å². The smallest absolute Gasteiger partial charge is 0.119 e. The van der Waals surface area contributed by atoms with E-state index in [0.29, 0.717) is 0 Å². The Kier molecular flexibility index (Phi) is 6.55. The Balaban J connectivity index is 1.28. The average Bonchev–Trinajstić information content (AvgIpc) is 3.67. The first-order chi connectivity index (χ1) is 26.5. The molecule has 0 bridgehead atoms. The molecule has 0 N–H and O–H groups in total. The predicted molar refractivity (Wildman–Crippen MR) is 226 cm³/mol. The van der Waals surface area contributed by atoms with Crippen molar-refractivity contribution in [2.24, 2.45) is 0 Å². The van der Waals surface area contributed by atoms with E-state index in [9.17, 15) is 0 Å². The standard InChI is InChI=1S/C52H37NO/c1-32-12-10-14-34(26-32)53(35-15-11-13-33(2)27-35)36-22-24-43-47-30-45-39-17-5-4-16-38(39)44-29-37(54-3)23-25-40(44)46(45)31-51(47)52(50(43)28-36)48-20-8-6-18-41(48)42-19-7-9-21-49(42)52/h4-31H,1-3H3. The second-order valence-corrected chi connectivity index (χ2v) is 15.0. The molecule has 0 heterocycles. The highest BCUT2D eigenvalue weighted by atomic mass is 16.5. The third-order valence-electron chi connectivity index (χ3n) is 12.0. The Labute approximate surface area is 315 Å². The van der Waals surface area contributed by atoms with Gasteiger partial charge in [-0.3, -0.25) is 0 Å². The summed E-state index contributed by atoms with van der Waals surface area (Å²) < 4.78 is 5.76. The zero-order chi connectivity index (χ0) is 36.1. The van der Waals surface area contributed by atoms with Crippen molar-refractivity contribution < 1.29 is 4.74 Å². The van der Waals surface area contributed by atoms with Crippen LogP contribution >= 0.6 is 0 Å². The Bertz CT molecular complexity index is 2940. The van der Waals surface area contributed by atoms with E-state index in [0.717, 1.165) is 22.8 Å². The second kappa shape index (κ2) is 11.4. The van der Waals surface area contributed by atoms with Gasteiger partial charge in [0.05, 0.1) is 12.5 Å². The van der Waals surface area contributed by atoms with Crippen LogP contribution in [-0.4, -0.2) is 7.11 Å². The average molecular weight is 692 g/mol. The summed E-state index contributed by atoms with van der Waals surface area (Å²) in [4.78, 5) is 2.43. The van der Waals surface area contributed by atoms with E-state index in [1.165, 1.54) is 88.0 Å². The van der Waals surface area contributed by atoms with Crippen LogP contribution in [0.25, 0.3) is 54.6 Å². The number of anilines is 3. The highest BCUT2D eigenvalue weighted by Crippen LogP contribution is 2.64. The minimum absolute atomic E-state index is 0.503. The summed E-state index contributed by atoms with van der Waals surface area (Å²) in [7, 11) is 1.75. The van der Waals surface area contributed by atoms with Gasteiger partial charge >= 0.3 is 0 Å². The minimum Gasteiger partial charge on any atom is -0.497 e. The number of methoxy groups -OCH3 is 1. The molecular formula is C52H37NO. The van der Waals surface area contributed by atoms with Crippen molar-refractivity contribution in [3.63, 3.8) is 0 Å². The molecule has 54 heavy (non-hydrogen) atoms. The molecule has 2 aliphatic carbocycles. The first-order valence-electron chi connectivity index (χ1n) is 18.8. The molecule has 0 radical (unpaired) electrons. The molecule has 9 aromatic rings. The molecular weight excluding hydrogens is 655 g/mol. The molecule has 0 atom stereocenters. The Morgan fingerprint density at radius 3 is 1.52 bits per heavy atom. The molecule has 0 aromatic heterocycles. The Hall–Kier alpha value is -6.64. The van der Waals surface area contributed by atoms with E-state index in [2.05, 4.69) is 189 Å². The normalized spacial score (nSPS) is 13.2. The van der Waals surface area contributed by atoms with Crippen molar-refractivity contribution in [1.82, 2.24) is 0 Å². The zero-order valence-electron chi connectivity index (χ0n) is 30.5. The van der Waals surface area contributed by atoms with Crippen LogP contribution in [0.4, 0.5) is 17.1 Å². The Morgan fingerprint density at radius 1 is 0.370 bits per heavy atom. The van der Waals surface area contributed by atoms with Crippen LogP contribution in [0.15, 0.2) is 170 Å². The molecule has 256 valence electrons. The van der Waals surface area contributed by atoms with Gasteiger partial charge in [-0.1, -0.05) is 109 Å². The van der Waals surface area contributed by atoms with E-state index in [1.54, 1.807) is 7.11 Å². The molecule has 0 unspecified atom stereocenters. The highest BCUT2D eigenvalue weighted by molar-refractivity contribution is 6.26. The summed E-state index contributed by atoms with van der Waals surface area (Å²) in [6.45, 7) is 4.35. The van der Waals surface area contributed by atoms with Crippen LogP contribution in [0.1, 0.15) is 33.4 Å². The summed E-state index contributed by atoms with van der Waals surface area (Å²) >= 11 is 0. The van der Waals surface area contributed by atoms with Gasteiger partial charge in [0.25, 0.3) is 0 Å². The number of hydrogen-bond acceptors (Lipinski definition) is 2. The highest BCUT2D eigenvalue weighted by Gasteiger charge is 2.52. The SMILES string of the molecule is COc1ccc2c(c1)c1ccccc1c1cc3c(cc21)C1(c2ccccc2-c2ccccc21)c1cc(N(c2cccc(C)c2)c2cccc(C)c2)ccc1-3. The first-order valence-corrected chi connectivity index (χ1v) is 18.8. The van der Waals surface area contributed by atoms with Gasteiger partial charge < -0.3 is 9.64 Å². The molecule has 1 spiro atoms. The topological polar surface area (TPSA) is 12.5 Å². The molecule has 0 saturated carbocycles.